The molecule has 1 aliphatic rings. The van der Waals surface area contributed by atoms with Crippen molar-refractivity contribution in [2.75, 3.05) is 0 Å². The summed E-state index contributed by atoms with van der Waals surface area (Å²) in [5.41, 5.74) is 1.25. The fraction of sp³-hybridized carbons (Fsp3) is 0.300. The van der Waals surface area contributed by atoms with Crippen LogP contribution >= 0.6 is 43.6 Å². The van der Waals surface area contributed by atoms with E-state index in [2.05, 4.69) is 31.9 Å². The molecule has 26 heavy (non-hydrogen) atoms. The molecule has 3 rings (SSSR count). The first-order valence-electron chi connectivity index (χ1n) is 8.08. The topological polar surface area (TPSA) is 43.4 Å². The number of alkyl halides is 2. The number of benzene rings is 2. The van der Waals surface area contributed by atoms with Crippen molar-refractivity contribution in [3.63, 3.8) is 0 Å². The van der Waals surface area contributed by atoms with E-state index in [9.17, 15) is 9.59 Å². The van der Waals surface area contributed by atoms with Crippen LogP contribution in [0.15, 0.2) is 46.2 Å². The number of fused-ring (bicyclic) bond motifs is 2. The molecular weight excluding hydrogens is 480 g/mol. The van der Waals surface area contributed by atoms with E-state index in [1.165, 1.54) is 11.8 Å². The van der Waals surface area contributed by atoms with Gasteiger partial charge in [0.25, 0.3) is 0 Å². The van der Waals surface area contributed by atoms with Gasteiger partial charge in [-0.2, -0.15) is 0 Å². The maximum atomic E-state index is 12.5. The standard InChI is InChI=1S/C20H18Br2O3S/c1-19(2,21)17(23)11-5-7-13-15(9-11)26-16-10-12(6-8-14(16)25-13)18(24)20(3,4)22/h5-10H,1-4H3. The highest BCUT2D eigenvalue weighted by atomic mass is 79.9. The van der Waals surface area contributed by atoms with E-state index < -0.39 is 8.65 Å². The highest BCUT2D eigenvalue weighted by molar-refractivity contribution is 9.10. The van der Waals surface area contributed by atoms with E-state index >= 15 is 0 Å². The van der Waals surface area contributed by atoms with Gasteiger partial charge >= 0.3 is 0 Å². The quantitative estimate of drug-likeness (QED) is 0.298. The van der Waals surface area contributed by atoms with E-state index in [0.717, 1.165) is 9.79 Å². The molecule has 0 aliphatic carbocycles. The smallest absolute Gasteiger partial charge is 0.178 e. The molecule has 6 heteroatoms. The predicted octanol–water partition coefficient (Wildman–Crippen LogP) is 6.66. The number of ether oxygens (including phenoxy) is 1. The molecule has 0 radical (unpaired) electrons. The third kappa shape index (κ3) is 3.92. The lowest BCUT2D eigenvalue weighted by atomic mass is 10.0. The Hall–Kier alpha value is -1.11. The Morgan fingerprint density at radius 3 is 1.54 bits per heavy atom. The summed E-state index contributed by atoms with van der Waals surface area (Å²) in [6.07, 6.45) is 0. The van der Waals surface area contributed by atoms with Gasteiger partial charge in [-0.25, -0.2) is 0 Å². The summed E-state index contributed by atoms with van der Waals surface area (Å²) in [5, 5.41) is 0. The predicted molar refractivity (Wildman–Crippen MR) is 112 cm³/mol. The lowest BCUT2D eigenvalue weighted by molar-refractivity contribution is 0.0954. The van der Waals surface area contributed by atoms with Gasteiger partial charge in [-0.05, 0) is 64.1 Å². The molecule has 1 heterocycles. The van der Waals surface area contributed by atoms with Gasteiger partial charge in [-0.1, -0.05) is 43.6 Å². The zero-order valence-electron chi connectivity index (χ0n) is 14.9. The molecule has 0 bridgehead atoms. The van der Waals surface area contributed by atoms with Crippen LogP contribution in [0, 0.1) is 0 Å². The summed E-state index contributed by atoms with van der Waals surface area (Å²) < 4.78 is 4.70. The van der Waals surface area contributed by atoms with E-state index in [1.54, 1.807) is 12.1 Å². The Balaban J connectivity index is 1.95. The van der Waals surface area contributed by atoms with Gasteiger partial charge in [-0.15, -0.1) is 0 Å². The number of Topliss-reactive ketones (excluding diaryl/α,β-unsaturated/α-hetero) is 2. The van der Waals surface area contributed by atoms with E-state index in [0.29, 0.717) is 22.6 Å². The second-order valence-electron chi connectivity index (χ2n) is 7.13. The average molecular weight is 498 g/mol. The van der Waals surface area contributed by atoms with Crippen molar-refractivity contribution >= 4 is 55.2 Å². The van der Waals surface area contributed by atoms with E-state index in [1.807, 2.05) is 52.0 Å². The van der Waals surface area contributed by atoms with Crippen molar-refractivity contribution < 1.29 is 14.3 Å². The highest BCUT2D eigenvalue weighted by Gasteiger charge is 2.29. The van der Waals surface area contributed by atoms with Crippen LogP contribution in [0.5, 0.6) is 11.5 Å². The lowest BCUT2D eigenvalue weighted by Gasteiger charge is -2.22. The van der Waals surface area contributed by atoms with Gasteiger partial charge in [0, 0.05) is 11.1 Å². The third-order valence-electron chi connectivity index (χ3n) is 3.93. The van der Waals surface area contributed by atoms with Crippen molar-refractivity contribution in [3.05, 3.63) is 47.5 Å². The molecule has 136 valence electrons. The lowest BCUT2D eigenvalue weighted by Crippen LogP contribution is -2.24. The van der Waals surface area contributed by atoms with Gasteiger partial charge in [0.05, 0.1) is 18.4 Å². The molecule has 0 amide bonds. The fourth-order valence-electron chi connectivity index (χ4n) is 2.55. The van der Waals surface area contributed by atoms with Gasteiger partial charge in [0.1, 0.15) is 11.5 Å². The third-order valence-corrected chi connectivity index (χ3v) is 5.73. The van der Waals surface area contributed by atoms with E-state index in [4.69, 9.17) is 4.74 Å². The Morgan fingerprint density at radius 1 is 0.808 bits per heavy atom. The van der Waals surface area contributed by atoms with Crippen molar-refractivity contribution in [2.24, 2.45) is 0 Å². The highest BCUT2D eigenvalue weighted by Crippen LogP contribution is 2.48. The minimum absolute atomic E-state index is 0.0108. The molecule has 0 N–H and O–H groups in total. The molecule has 0 fully saturated rings. The molecule has 0 aromatic heterocycles. The second kappa shape index (κ2) is 6.80. The van der Waals surface area contributed by atoms with Crippen molar-refractivity contribution in [2.45, 2.75) is 46.1 Å². The van der Waals surface area contributed by atoms with Crippen LogP contribution < -0.4 is 4.74 Å². The first-order valence-corrected chi connectivity index (χ1v) is 10.5. The molecule has 0 spiro atoms. The Kier molecular flexibility index (Phi) is 5.14. The number of rotatable bonds is 4. The van der Waals surface area contributed by atoms with Crippen LogP contribution in [0.1, 0.15) is 48.4 Å². The molecule has 0 saturated heterocycles. The van der Waals surface area contributed by atoms with Crippen LogP contribution in [-0.4, -0.2) is 20.2 Å². The van der Waals surface area contributed by atoms with Crippen LogP contribution in [0.4, 0.5) is 0 Å². The first kappa shape index (κ1) is 19.6. The second-order valence-corrected chi connectivity index (χ2v) is 12.2. The Morgan fingerprint density at radius 2 is 1.19 bits per heavy atom. The number of hydrogen-bond donors (Lipinski definition) is 0. The van der Waals surface area contributed by atoms with Gasteiger partial charge in [0.2, 0.25) is 0 Å². The van der Waals surface area contributed by atoms with Crippen LogP contribution in [0.25, 0.3) is 0 Å². The zero-order chi connectivity index (χ0) is 19.3. The number of carbonyl (C=O) groups excluding carboxylic acids is 2. The number of halogens is 2. The van der Waals surface area contributed by atoms with Crippen LogP contribution in [-0.2, 0) is 0 Å². The molecule has 2 aromatic rings. The summed E-state index contributed by atoms with van der Waals surface area (Å²) in [7, 11) is 0. The summed E-state index contributed by atoms with van der Waals surface area (Å²) in [4.78, 5) is 26.7. The molecule has 0 unspecified atom stereocenters. The average Bonchev–Trinajstić information content (AvgIpc) is 2.56. The van der Waals surface area contributed by atoms with Gasteiger partial charge in [-0.3, -0.25) is 9.59 Å². The zero-order valence-corrected chi connectivity index (χ0v) is 18.8. The van der Waals surface area contributed by atoms with E-state index in [-0.39, 0.29) is 11.6 Å². The minimum Gasteiger partial charge on any atom is -0.455 e. The van der Waals surface area contributed by atoms with Crippen LogP contribution in [0.3, 0.4) is 0 Å². The fourth-order valence-corrected chi connectivity index (χ4v) is 4.04. The summed E-state index contributed by atoms with van der Waals surface area (Å²) in [5.74, 6) is 1.45. The molecule has 1 aliphatic heterocycles. The summed E-state index contributed by atoms with van der Waals surface area (Å²) >= 11 is 8.34. The number of ketones is 2. The molecule has 2 aromatic carbocycles. The Bertz CT molecular complexity index is 835. The SMILES string of the molecule is CC(C)(Br)C(=O)c1ccc2c(c1)Sc1cc(C(=O)C(C)(C)Br)ccc1O2. The maximum absolute atomic E-state index is 12.5. The van der Waals surface area contributed by atoms with Crippen molar-refractivity contribution in [1.82, 2.24) is 0 Å². The Labute approximate surface area is 174 Å². The largest absolute Gasteiger partial charge is 0.455 e. The monoisotopic (exact) mass is 496 g/mol. The first-order chi connectivity index (χ1) is 12.0. The summed E-state index contributed by atoms with van der Waals surface area (Å²) in [6.45, 7) is 7.31. The van der Waals surface area contributed by atoms with Crippen molar-refractivity contribution in [1.29, 1.82) is 0 Å². The maximum Gasteiger partial charge on any atom is 0.178 e. The normalized spacial score (nSPS) is 13.5. The van der Waals surface area contributed by atoms with Gasteiger partial charge < -0.3 is 4.74 Å². The molecular formula is C20H18Br2O3S. The van der Waals surface area contributed by atoms with Gasteiger partial charge in [0.15, 0.2) is 11.6 Å². The number of hydrogen-bond acceptors (Lipinski definition) is 4. The molecule has 0 atom stereocenters. The number of carbonyl (C=O) groups is 2. The molecule has 3 nitrogen and oxygen atoms in total. The minimum atomic E-state index is -0.625. The summed E-state index contributed by atoms with van der Waals surface area (Å²) in [6, 6.07) is 10.9. The van der Waals surface area contributed by atoms with Crippen molar-refractivity contribution in [3.8, 4) is 11.5 Å². The van der Waals surface area contributed by atoms with Crippen LogP contribution in [0.2, 0.25) is 0 Å². The molecule has 0 saturated carbocycles.